The predicted octanol–water partition coefficient (Wildman–Crippen LogP) is 2.47. The van der Waals surface area contributed by atoms with Gasteiger partial charge in [0.15, 0.2) is 0 Å². The summed E-state index contributed by atoms with van der Waals surface area (Å²) in [4.78, 5) is 11.7. The van der Waals surface area contributed by atoms with Crippen LogP contribution in [0, 0.1) is 17.1 Å². The second-order valence-electron chi connectivity index (χ2n) is 4.74. The van der Waals surface area contributed by atoms with Crippen LogP contribution in [-0.4, -0.2) is 19.0 Å². The monoisotopic (exact) mass is 297 g/mol. The summed E-state index contributed by atoms with van der Waals surface area (Å²) in [6, 6.07) is 15.4. The zero-order valence-electron chi connectivity index (χ0n) is 12.0. The first kappa shape index (κ1) is 15.5. The van der Waals surface area contributed by atoms with Gasteiger partial charge in [0.2, 0.25) is 5.91 Å². The average molecular weight is 297 g/mol. The third-order valence-corrected chi connectivity index (χ3v) is 3.12. The molecule has 0 atom stereocenters. The zero-order chi connectivity index (χ0) is 15.8. The van der Waals surface area contributed by atoms with E-state index in [1.807, 2.05) is 6.07 Å². The van der Waals surface area contributed by atoms with E-state index < -0.39 is 0 Å². The van der Waals surface area contributed by atoms with Gasteiger partial charge < -0.3 is 10.6 Å². The van der Waals surface area contributed by atoms with Crippen molar-refractivity contribution in [2.24, 2.45) is 0 Å². The Morgan fingerprint density at radius 3 is 2.77 bits per heavy atom. The Bertz CT molecular complexity index is 694. The highest BCUT2D eigenvalue weighted by atomic mass is 19.1. The Balaban J connectivity index is 1.74. The van der Waals surface area contributed by atoms with Crippen LogP contribution in [0.5, 0.6) is 0 Å². The fourth-order valence-electron chi connectivity index (χ4n) is 1.98. The van der Waals surface area contributed by atoms with Crippen molar-refractivity contribution in [3.63, 3.8) is 0 Å². The molecule has 0 heterocycles. The molecular formula is C17H16FN3O. The van der Waals surface area contributed by atoms with Crippen molar-refractivity contribution in [2.75, 3.05) is 18.4 Å². The number of hydrogen-bond acceptors (Lipinski definition) is 3. The maximum absolute atomic E-state index is 13.4. The Kier molecular flexibility index (Phi) is 5.50. The summed E-state index contributed by atoms with van der Waals surface area (Å²) in [6.07, 6.45) is 0.447. The van der Waals surface area contributed by atoms with Crippen LogP contribution in [0.2, 0.25) is 0 Å². The normalized spacial score (nSPS) is 9.82. The molecule has 2 N–H and O–H groups in total. The minimum atomic E-state index is -0.261. The molecule has 5 heteroatoms. The number of carbonyl (C=O) groups is 1. The molecule has 112 valence electrons. The summed E-state index contributed by atoms with van der Waals surface area (Å²) in [6.45, 7) is 0.478. The number of anilines is 1. The molecule has 0 aliphatic rings. The number of nitriles is 1. The molecule has 0 aliphatic carbocycles. The van der Waals surface area contributed by atoms with Gasteiger partial charge in [-0.05, 0) is 36.2 Å². The molecule has 0 fully saturated rings. The molecule has 2 aromatic carbocycles. The highest BCUT2D eigenvalue weighted by Crippen LogP contribution is 2.09. The van der Waals surface area contributed by atoms with Crippen molar-refractivity contribution < 1.29 is 9.18 Å². The van der Waals surface area contributed by atoms with Crippen LogP contribution in [0.4, 0.5) is 10.1 Å². The van der Waals surface area contributed by atoms with E-state index in [4.69, 9.17) is 5.26 Å². The number of benzene rings is 2. The van der Waals surface area contributed by atoms with E-state index in [9.17, 15) is 9.18 Å². The van der Waals surface area contributed by atoms with Crippen LogP contribution < -0.4 is 10.6 Å². The lowest BCUT2D eigenvalue weighted by Crippen LogP contribution is -2.31. The van der Waals surface area contributed by atoms with Gasteiger partial charge in [0.25, 0.3) is 0 Å². The molecule has 2 rings (SSSR count). The van der Waals surface area contributed by atoms with E-state index in [1.165, 1.54) is 6.07 Å². The lowest BCUT2D eigenvalue weighted by Gasteiger charge is -2.08. The van der Waals surface area contributed by atoms with Crippen molar-refractivity contribution in [3.8, 4) is 6.07 Å². The molecule has 0 saturated carbocycles. The second kappa shape index (κ2) is 7.79. The standard InChI is InChI=1S/C17H16FN3O/c18-16-7-2-1-5-14(16)8-9-20-17(22)12-21-15-6-3-4-13(10-15)11-19/h1-7,10,21H,8-9,12H2,(H,20,22). The first-order chi connectivity index (χ1) is 10.7. The number of halogens is 1. The van der Waals surface area contributed by atoms with Crippen LogP contribution in [0.1, 0.15) is 11.1 Å². The Hall–Kier alpha value is -2.87. The zero-order valence-corrected chi connectivity index (χ0v) is 12.0. The van der Waals surface area contributed by atoms with Crippen LogP contribution in [0.25, 0.3) is 0 Å². The van der Waals surface area contributed by atoms with Gasteiger partial charge in [-0.25, -0.2) is 4.39 Å². The number of amides is 1. The molecule has 0 unspecified atom stereocenters. The lowest BCUT2D eigenvalue weighted by atomic mass is 10.1. The Morgan fingerprint density at radius 1 is 1.18 bits per heavy atom. The highest BCUT2D eigenvalue weighted by Gasteiger charge is 2.03. The van der Waals surface area contributed by atoms with Crippen molar-refractivity contribution in [1.29, 1.82) is 5.26 Å². The van der Waals surface area contributed by atoms with Crippen molar-refractivity contribution >= 4 is 11.6 Å². The van der Waals surface area contributed by atoms with Crippen molar-refractivity contribution in [3.05, 3.63) is 65.5 Å². The van der Waals surface area contributed by atoms with Gasteiger partial charge in [0.1, 0.15) is 5.82 Å². The molecular weight excluding hydrogens is 281 g/mol. The summed E-state index contributed by atoms with van der Waals surface area (Å²) < 4.78 is 13.4. The largest absolute Gasteiger partial charge is 0.376 e. The maximum Gasteiger partial charge on any atom is 0.239 e. The average Bonchev–Trinajstić information content (AvgIpc) is 2.55. The van der Waals surface area contributed by atoms with E-state index >= 15 is 0 Å². The fourth-order valence-corrected chi connectivity index (χ4v) is 1.98. The molecule has 0 aliphatic heterocycles. The van der Waals surface area contributed by atoms with Gasteiger partial charge in [-0.15, -0.1) is 0 Å². The maximum atomic E-state index is 13.4. The van der Waals surface area contributed by atoms with Crippen molar-refractivity contribution in [1.82, 2.24) is 5.32 Å². The van der Waals surface area contributed by atoms with Crippen LogP contribution in [-0.2, 0) is 11.2 Å². The van der Waals surface area contributed by atoms with E-state index in [0.29, 0.717) is 29.8 Å². The lowest BCUT2D eigenvalue weighted by molar-refractivity contribution is -0.119. The van der Waals surface area contributed by atoms with Gasteiger partial charge in [0.05, 0.1) is 18.2 Å². The predicted molar refractivity (Wildman–Crippen MR) is 82.8 cm³/mol. The Morgan fingerprint density at radius 2 is 2.00 bits per heavy atom. The quantitative estimate of drug-likeness (QED) is 0.861. The molecule has 4 nitrogen and oxygen atoms in total. The summed E-state index contributed by atoms with van der Waals surface area (Å²) >= 11 is 0. The van der Waals surface area contributed by atoms with Crippen molar-refractivity contribution in [2.45, 2.75) is 6.42 Å². The summed E-state index contributed by atoms with van der Waals surface area (Å²) in [7, 11) is 0. The van der Waals surface area contributed by atoms with Gasteiger partial charge in [0, 0.05) is 12.2 Å². The van der Waals surface area contributed by atoms with Crippen LogP contribution in [0.15, 0.2) is 48.5 Å². The fraction of sp³-hybridized carbons (Fsp3) is 0.176. The number of nitrogens with one attached hydrogen (secondary N) is 2. The molecule has 0 aromatic heterocycles. The van der Waals surface area contributed by atoms with Gasteiger partial charge >= 0.3 is 0 Å². The third kappa shape index (κ3) is 4.60. The topological polar surface area (TPSA) is 64.9 Å². The van der Waals surface area contributed by atoms with Crippen LogP contribution >= 0.6 is 0 Å². The van der Waals surface area contributed by atoms with E-state index in [-0.39, 0.29) is 18.3 Å². The third-order valence-electron chi connectivity index (χ3n) is 3.12. The first-order valence-electron chi connectivity index (χ1n) is 6.93. The summed E-state index contributed by atoms with van der Waals surface area (Å²) in [5.41, 5.74) is 1.82. The SMILES string of the molecule is N#Cc1cccc(NCC(=O)NCCc2ccccc2F)c1. The number of hydrogen-bond donors (Lipinski definition) is 2. The summed E-state index contributed by atoms with van der Waals surface area (Å²) in [5.74, 6) is -0.443. The molecule has 2 aromatic rings. The van der Waals surface area contributed by atoms with E-state index in [0.717, 1.165) is 0 Å². The van der Waals surface area contributed by atoms with Gasteiger partial charge in [-0.2, -0.15) is 5.26 Å². The number of nitrogens with zero attached hydrogens (tertiary/aromatic N) is 1. The molecule has 22 heavy (non-hydrogen) atoms. The van der Waals surface area contributed by atoms with Gasteiger partial charge in [-0.3, -0.25) is 4.79 Å². The molecule has 0 saturated heterocycles. The van der Waals surface area contributed by atoms with E-state index in [2.05, 4.69) is 10.6 Å². The number of rotatable bonds is 6. The molecule has 1 amide bonds. The van der Waals surface area contributed by atoms with Gasteiger partial charge in [-0.1, -0.05) is 24.3 Å². The minimum Gasteiger partial charge on any atom is -0.376 e. The molecule has 0 bridgehead atoms. The molecule has 0 radical (unpaired) electrons. The highest BCUT2D eigenvalue weighted by molar-refractivity contribution is 5.80. The smallest absolute Gasteiger partial charge is 0.239 e. The minimum absolute atomic E-state index is 0.103. The number of carbonyl (C=O) groups excluding carboxylic acids is 1. The van der Waals surface area contributed by atoms with E-state index in [1.54, 1.807) is 42.5 Å². The second-order valence-corrected chi connectivity index (χ2v) is 4.74. The molecule has 0 spiro atoms. The van der Waals surface area contributed by atoms with Crippen LogP contribution in [0.3, 0.4) is 0 Å². The summed E-state index contributed by atoms with van der Waals surface area (Å²) in [5, 5.41) is 14.5. The Labute approximate surface area is 128 Å². The first-order valence-corrected chi connectivity index (χ1v) is 6.93.